The molecule has 5 N–H and O–H groups in total. The Balaban J connectivity index is 1.46. The predicted molar refractivity (Wildman–Crippen MR) is 74.6 cm³/mol. The molecule has 1 aromatic rings. The molecule has 4 bridgehead atoms. The van der Waals surface area contributed by atoms with Gasteiger partial charge in [-0.2, -0.15) is 0 Å². The van der Waals surface area contributed by atoms with Crippen LogP contribution in [0, 0.1) is 0 Å². The number of quaternary nitrogens is 4. The van der Waals surface area contributed by atoms with Crippen molar-refractivity contribution in [2.45, 2.75) is 12.1 Å². The molecule has 4 heterocycles. The minimum atomic E-state index is 0.502. The minimum Gasteiger partial charge on any atom is -0.323 e. The fourth-order valence-corrected chi connectivity index (χ4v) is 4.74. The number of rotatable bonds is 3. The minimum absolute atomic E-state index is 0.502. The third-order valence-electron chi connectivity index (χ3n) is 4.99. The molecule has 0 saturated carbocycles. The summed E-state index contributed by atoms with van der Waals surface area (Å²) in [6, 6.07) is 8.80. The van der Waals surface area contributed by atoms with Crippen LogP contribution in [0.5, 0.6) is 0 Å². The first-order chi connectivity index (χ1) is 9.21. The lowest BCUT2D eigenvalue weighted by atomic mass is 9.90. The van der Waals surface area contributed by atoms with Crippen LogP contribution < -0.4 is 20.0 Å². The molecule has 4 saturated heterocycles. The quantitative estimate of drug-likeness (QED) is 0.434. The van der Waals surface area contributed by atoms with E-state index < -0.39 is 0 Å². The number of benzene rings is 1. The molecule has 1 aromatic carbocycles. The van der Waals surface area contributed by atoms with Gasteiger partial charge in [0.1, 0.15) is 6.54 Å². The van der Waals surface area contributed by atoms with E-state index in [9.17, 15) is 0 Å². The molecule has 0 aromatic heterocycles. The van der Waals surface area contributed by atoms with Gasteiger partial charge < -0.3 is 5.32 Å². The maximum Gasteiger partial charge on any atom is 0.244 e. The maximum absolute atomic E-state index is 3.51. The Kier molecular flexibility index (Phi) is 2.93. The summed E-state index contributed by atoms with van der Waals surface area (Å²) in [6.07, 6.45) is 0. The molecule has 102 valence electrons. The average molecular weight is 327 g/mol. The molecule has 19 heavy (non-hydrogen) atoms. The Morgan fingerprint density at radius 1 is 0.947 bits per heavy atom. The van der Waals surface area contributed by atoms with Crippen molar-refractivity contribution < 1.29 is 20.0 Å². The number of hydrogen-bond acceptors (Lipinski definition) is 0. The van der Waals surface area contributed by atoms with E-state index in [1.807, 2.05) is 14.7 Å². The highest BCUT2D eigenvalue weighted by Gasteiger charge is 2.60. The van der Waals surface area contributed by atoms with Crippen molar-refractivity contribution in [1.82, 2.24) is 0 Å². The summed E-state index contributed by atoms with van der Waals surface area (Å²) in [5, 5.41) is 2.63. The Bertz CT molecular complexity index is 438. The summed E-state index contributed by atoms with van der Waals surface area (Å²) in [6.45, 7) is 9.32. The van der Waals surface area contributed by atoms with Crippen LogP contribution in [0.1, 0.15) is 5.56 Å². The first-order valence-corrected chi connectivity index (χ1v) is 8.10. The molecule has 4 aliphatic rings. The highest BCUT2D eigenvalue weighted by molar-refractivity contribution is 9.10. The lowest BCUT2D eigenvalue weighted by Crippen LogP contribution is -3.58. The lowest BCUT2D eigenvalue weighted by Gasteiger charge is -2.50. The Hall–Kier alpha value is -0.460. The van der Waals surface area contributed by atoms with Crippen molar-refractivity contribution in [3.8, 4) is 0 Å². The summed E-state index contributed by atoms with van der Waals surface area (Å²) in [5.74, 6) is 0. The molecule has 0 atom stereocenters. The van der Waals surface area contributed by atoms with Crippen molar-refractivity contribution in [2.75, 3.05) is 39.6 Å². The summed E-state index contributed by atoms with van der Waals surface area (Å²) < 4.78 is 1.17. The van der Waals surface area contributed by atoms with E-state index in [0.717, 1.165) is 6.54 Å². The van der Waals surface area contributed by atoms with Crippen molar-refractivity contribution in [3.05, 3.63) is 34.3 Å². The van der Waals surface area contributed by atoms with Crippen molar-refractivity contribution in [3.63, 3.8) is 0 Å². The molecular weight excluding hydrogens is 304 g/mol. The van der Waals surface area contributed by atoms with E-state index in [1.54, 1.807) is 0 Å². The van der Waals surface area contributed by atoms with Gasteiger partial charge >= 0.3 is 0 Å². The van der Waals surface area contributed by atoms with Crippen LogP contribution in [-0.4, -0.2) is 45.2 Å². The topological polar surface area (TPSA) is 29.9 Å². The third kappa shape index (κ3) is 2.34. The van der Waals surface area contributed by atoms with E-state index in [-0.39, 0.29) is 0 Å². The molecular formula is C14H23BrN4+4. The zero-order chi connectivity index (χ0) is 12.9. The number of halogens is 1. The van der Waals surface area contributed by atoms with Crippen LogP contribution in [0.25, 0.3) is 0 Å². The molecule has 4 aliphatic heterocycles. The molecule has 4 nitrogen and oxygen atoms in total. The molecule has 0 unspecified atom stereocenters. The molecule has 5 rings (SSSR count). The fourth-order valence-electron chi connectivity index (χ4n) is 4.48. The summed E-state index contributed by atoms with van der Waals surface area (Å²) in [7, 11) is 0. The van der Waals surface area contributed by atoms with Gasteiger partial charge in [-0.3, -0.25) is 0 Å². The average Bonchev–Trinajstić information content (AvgIpc) is 2.36. The maximum atomic E-state index is 3.51. The highest BCUT2D eigenvalue weighted by atomic mass is 79.9. The lowest BCUT2D eigenvalue weighted by molar-refractivity contribution is -1.31. The first kappa shape index (κ1) is 12.3. The third-order valence-corrected chi connectivity index (χ3v) is 5.52. The second-order valence-electron chi connectivity index (χ2n) is 6.71. The van der Waals surface area contributed by atoms with Gasteiger partial charge in [0.05, 0.1) is 0 Å². The standard InChI is InChI=1S/C14H19BrN4/c15-13-3-1-12(2-4-13)5-16-14-6-17-9-18(7-14)11-19(8-14)10-17/h1-4,16H,5-11H2/p+4. The molecule has 4 fully saturated rings. The van der Waals surface area contributed by atoms with E-state index in [2.05, 4.69) is 45.5 Å². The second kappa shape index (κ2) is 4.53. The smallest absolute Gasteiger partial charge is 0.244 e. The van der Waals surface area contributed by atoms with E-state index in [1.165, 1.54) is 49.7 Å². The summed E-state index contributed by atoms with van der Waals surface area (Å²) in [4.78, 5) is 5.46. The molecule has 5 heteroatoms. The van der Waals surface area contributed by atoms with Crippen molar-refractivity contribution in [1.29, 1.82) is 0 Å². The number of nitrogens with two attached hydrogens (primary N) is 1. The van der Waals surface area contributed by atoms with Gasteiger partial charge in [0.15, 0.2) is 19.6 Å². The summed E-state index contributed by atoms with van der Waals surface area (Å²) >= 11 is 3.51. The Morgan fingerprint density at radius 3 is 2.00 bits per heavy atom. The van der Waals surface area contributed by atoms with Gasteiger partial charge in [-0.05, 0) is 12.1 Å². The molecule has 0 radical (unpaired) electrons. The van der Waals surface area contributed by atoms with Crippen LogP contribution in [0.15, 0.2) is 28.7 Å². The van der Waals surface area contributed by atoms with Crippen LogP contribution >= 0.6 is 15.9 Å². The normalized spacial score (nSPS) is 39.7. The zero-order valence-electron chi connectivity index (χ0n) is 11.2. The van der Waals surface area contributed by atoms with E-state index in [0.29, 0.717) is 5.54 Å². The van der Waals surface area contributed by atoms with Gasteiger partial charge in [0, 0.05) is 10.0 Å². The van der Waals surface area contributed by atoms with Crippen LogP contribution in [0.4, 0.5) is 0 Å². The van der Waals surface area contributed by atoms with E-state index in [4.69, 9.17) is 0 Å². The Labute approximate surface area is 122 Å². The van der Waals surface area contributed by atoms with Gasteiger partial charge in [0.2, 0.25) is 25.5 Å². The van der Waals surface area contributed by atoms with Crippen molar-refractivity contribution in [2.24, 2.45) is 0 Å². The predicted octanol–water partition coefficient (Wildman–Crippen LogP) is -4.18. The SMILES string of the molecule is Brc1ccc(C[NH2+]C23C[NH+]4C[NH+](C[NH+](C4)C2)C3)cc1. The first-order valence-electron chi connectivity index (χ1n) is 7.30. The van der Waals surface area contributed by atoms with Crippen molar-refractivity contribution >= 4 is 15.9 Å². The van der Waals surface area contributed by atoms with Crippen LogP contribution in [0.3, 0.4) is 0 Å². The number of nitrogens with one attached hydrogen (secondary N) is 3. The van der Waals surface area contributed by atoms with Gasteiger partial charge in [-0.25, -0.2) is 14.7 Å². The van der Waals surface area contributed by atoms with Gasteiger partial charge in [0.25, 0.3) is 0 Å². The number of hydrogen-bond donors (Lipinski definition) is 4. The summed E-state index contributed by atoms with van der Waals surface area (Å²) in [5.41, 5.74) is 1.95. The van der Waals surface area contributed by atoms with E-state index >= 15 is 0 Å². The highest BCUT2D eigenvalue weighted by Crippen LogP contribution is 2.09. The molecule has 0 spiro atoms. The molecule has 0 aliphatic carbocycles. The van der Waals surface area contributed by atoms with Crippen LogP contribution in [-0.2, 0) is 6.54 Å². The van der Waals surface area contributed by atoms with Gasteiger partial charge in [-0.15, -0.1) is 0 Å². The molecule has 0 amide bonds. The van der Waals surface area contributed by atoms with Gasteiger partial charge in [-0.1, -0.05) is 28.1 Å². The Morgan fingerprint density at radius 2 is 1.47 bits per heavy atom. The zero-order valence-corrected chi connectivity index (χ0v) is 12.8. The fraction of sp³-hybridized carbons (Fsp3) is 0.571. The largest absolute Gasteiger partial charge is 0.323 e. The monoisotopic (exact) mass is 326 g/mol. The second-order valence-corrected chi connectivity index (χ2v) is 7.62. The van der Waals surface area contributed by atoms with Crippen LogP contribution in [0.2, 0.25) is 0 Å².